The Kier molecular flexibility index (Phi) is 5.89. The Balaban J connectivity index is 1.66. The summed E-state index contributed by atoms with van der Waals surface area (Å²) in [7, 11) is 0. The number of ether oxygens (including phenoxy) is 1. The number of aromatic hydroxyl groups is 1. The highest BCUT2D eigenvalue weighted by atomic mass is 19.1. The molecule has 0 radical (unpaired) electrons. The van der Waals surface area contributed by atoms with Gasteiger partial charge in [0.15, 0.2) is 0 Å². The molecular weight excluding hydrogens is 319 g/mol. The van der Waals surface area contributed by atoms with Crippen LogP contribution in [0.3, 0.4) is 0 Å². The summed E-state index contributed by atoms with van der Waals surface area (Å²) >= 11 is 0. The molecule has 4 nitrogen and oxygen atoms in total. The quantitative estimate of drug-likeness (QED) is 0.840. The van der Waals surface area contributed by atoms with Crippen LogP contribution in [0.1, 0.15) is 30.5 Å². The van der Waals surface area contributed by atoms with Gasteiger partial charge in [0.05, 0.1) is 18.9 Å². The third-order valence-electron chi connectivity index (χ3n) is 4.64. The molecule has 3 rings (SSSR count). The molecule has 0 aromatic heterocycles. The summed E-state index contributed by atoms with van der Waals surface area (Å²) in [6.07, 6.45) is 0.839. The maximum Gasteiger partial charge on any atom is 0.146 e. The van der Waals surface area contributed by atoms with Crippen molar-refractivity contribution in [1.29, 1.82) is 0 Å². The number of phenols is 1. The summed E-state index contributed by atoms with van der Waals surface area (Å²) in [6, 6.07) is 12.8. The van der Waals surface area contributed by atoms with E-state index in [0.717, 1.165) is 30.6 Å². The van der Waals surface area contributed by atoms with Crippen LogP contribution >= 0.6 is 0 Å². The number of benzene rings is 2. The van der Waals surface area contributed by atoms with Crippen molar-refractivity contribution in [3.05, 3.63) is 59.4 Å². The first-order chi connectivity index (χ1) is 12.2. The fourth-order valence-corrected chi connectivity index (χ4v) is 3.22. The number of morpholine rings is 1. The van der Waals surface area contributed by atoms with Gasteiger partial charge in [-0.05, 0) is 30.2 Å². The zero-order chi connectivity index (χ0) is 17.6. The van der Waals surface area contributed by atoms with Crippen molar-refractivity contribution in [2.45, 2.75) is 25.9 Å². The second-order valence-electron chi connectivity index (χ2n) is 6.29. The van der Waals surface area contributed by atoms with Crippen molar-refractivity contribution in [2.75, 3.05) is 31.2 Å². The van der Waals surface area contributed by atoms with E-state index in [4.69, 9.17) is 4.74 Å². The Labute approximate surface area is 148 Å². The zero-order valence-corrected chi connectivity index (χ0v) is 14.5. The fraction of sp³-hybridized carbons (Fsp3) is 0.400. The predicted molar refractivity (Wildman–Crippen MR) is 97.4 cm³/mol. The number of phenolic OH excluding ortho intramolecular Hbond substituents is 1. The molecule has 1 aliphatic heterocycles. The zero-order valence-electron chi connectivity index (χ0n) is 14.5. The molecule has 0 aliphatic carbocycles. The van der Waals surface area contributed by atoms with Crippen molar-refractivity contribution in [3.63, 3.8) is 0 Å². The first-order valence-corrected chi connectivity index (χ1v) is 8.81. The number of nitrogens with one attached hydrogen (secondary N) is 1. The number of nitrogens with zero attached hydrogens (tertiary/aromatic N) is 1. The molecule has 134 valence electrons. The summed E-state index contributed by atoms with van der Waals surface area (Å²) in [4.78, 5) is 2.02. The van der Waals surface area contributed by atoms with Gasteiger partial charge >= 0.3 is 0 Å². The molecule has 0 spiro atoms. The first kappa shape index (κ1) is 17.7. The topological polar surface area (TPSA) is 44.7 Å². The lowest BCUT2D eigenvalue weighted by Crippen LogP contribution is -2.36. The van der Waals surface area contributed by atoms with Gasteiger partial charge in [-0.25, -0.2) is 4.39 Å². The molecule has 2 aromatic carbocycles. The highest BCUT2D eigenvalue weighted by molar-refractivity contribution is 5.49. The normalized spacial score (nSPS) is 16.0. The van der Waals surface area contributed by atoms with E-state index in [1.165, 1.54) is 0 Å². The summed E-state index contributed by atoms with van der Waals surface area (Å²) in [6.45, 7) is 5.34. The molecule has 0 bridgehead atoms. The van der Waals surface area contributed by atoms with Crippen LogP contribution in [-0.2, 0) is 11.3 Å². The molecule has 1 atom stereocenters. The van der Waals surface area contributed by atoms with Crippen LogP contribution in [0.2, 0.25) is 0 Å². The number of anilines is 1. The summed E-state index contributed by atoms with van der Waals surface area (Å²) in [5.74, 6) is 0.0903. The van der Waals surface area contributed by atoms with Crippen molar-refractivity contribution in [2.24, 2.45) is 0 Å². The van der Waals surface area contributed by atoms with E-state index in [0.29, 0.717) is 25.4 Å². The van der Waals surface area contributed by atoms with Crippen LogP contribution in [0.25, 0.3) is 0 Å². The summed E-state index contributed by atoms with van der Waals surface area (Å²) < 4.78 is 19.8. The molecule has 25 heavy (non-hydrogen) atoms. The van der Waals surface area contributed by atoms with E-state index in [1.807, 2.05) is 35.2 Å². The van der Waals surface area contributed by atoms with Crippen LogP contribution in [0, 0.1) is 5.82 Å². The van der Waals surface area contributed by atoms with Crippen molar-refractivity contribution < 1.29 is 14.2 Å². The van der Waals surface area contributed by atoms with Gasteiger partial charge in [0.2, 0.25) is 0 Å². The van der Waals surface area contributed by atoms with Crippen LogP contribution in [0.15, 0.2) is 42.5 Å². The Hall–Kier alpha value is -2.11. The molecule has 1 unspecified atom stereocenters. The van der Waals surface area contributed by atoms with E-state index in [9.17, 15) is 9.50 Å². The van der Waals surface area contributed by atoms with E-state index in [-0.39, 0.29) is 17.6 Å². The molecule has 2 N–H and O–H groups in total. The number of hydrogen-bond acceptors (Lipinski definition) is 4. The third kappa shape index (κ3) is 4.30. The Bertz CT molecular complexity index is 702. The minimum atomic E-state index is -0.197. The second-order valence-corrected chi connectivity index (χ2v) is 6.29. The maximum absolute atomic E-state index is 14.5. The van der Waals surface area contributed by atoms with E-state index in [2.05, 4.69) is 12.2 Å². The van der Waals surface area contributed by atoms with Crippen molar-refractivity contribution in [3.8, 4) is 5.75 Å². The van der Waals surface area contributed by atoms with Gasteiger partial charge in [-0.1, -0.05) is 31.2 Å². The molecule has 5 heteroatoms. The van der Waals surface area contributed by atoms with Gasteiger partial charge in [0.25, 0.3) is 0 Å². The van der Waals surface area contributed by atoms with Crippen LogP contribution in [0.5, 0.6) is 5.75 Å². The molecular formula is C20H25FN2O2. The van der Waals surface area contributed by atoms with Gasteiger partial charge in [-0.15, -0.1) is 0 Å². The number of halogens is 1. The number of rotatable bonds is 6. The Morgan fingerprint density at radius 2 is 1.96 bits per heavy atom. The molecule has 1 heterocycles. The lowest BCUT2D eigenvalue weighted by molar-refractivity contribution is 0.122. The second kappa shape index (κ2) is 8.32. The highest BCUT2D eigenvalue weighted by Crippen LogP contribution is 2.27. The molecule has 1 fully saturated rings. The Morgan fingerprint density at radius 1 is 1.20 bits per heavy atom. The Morgan fingerprint density at radius 3 is 2.64 bits per heavy atom. The van der Waals surface area contributed by atoms with Crippen LogP contribution in [-0.4, -0.2) is 31.4 Å². The van der Waals surface area contributed by atoms with Gasteiger partial charge in [0.1, 0.15) is 11.6 Å². The minimum Gasteiger partial charge on any atom is -0.508 e. The average Bonchev–Trinajstić information content (AvgIpc) is 2.64. The summed E-state index contributed by atoms with van der Waals surface area (Å²) in [5, 5.41) is 13.4. The smallest absolute Gasteiger partial charge is 0.146 e. The molecule has 0 saturated carbocycles. The largest absolute Gasteiger partial charge is 0.508 e. The molecule has 2 aromatic rings. The predicted octanol–water partition coefficient (Wildman–Crippen LogP) is 3.61. The summed E-state index contributed by atoms with van der Waals surface area (Å²) in [5.41, 5.74) is 2.40. The molecule has 0 amide bonds. The SMILES string of the molecule is CCC(NCc1ccc(N2CCOCC2)c(F)c1)c1ccccc1O. The number of para-hydroxylation sites is 1. The minimum absolute atomic E-state index is 0.0307. The van der Waals surface area contributed by atoms with Crippen LogP contribution < -0.4 is 10.2 Å². The fourth-order valence-electron chi connectivity index (χ4n) is 3.22. The maximum atomic E-state index is 14.5. The number of hydrogen-bond donors (Lipinski definition) is 2. The standard InChI is InChI=1S/C20H25FN2O2/c1-2-18(16-5-3-4-6-20(16)24)22-14-15-7-8-19(17(21)13-15)23-9-11-25-12-10-23/h3-8,13,18,22,24H,2,9-12,14H2,1H3. The van der Waals surface area contributed by atoms with Gasteiger partial charge in [-0.2, -0.15) is 0 Å². The van der Waals surface area contributed by atoms with Crippen molar-refractivity contribution >= 4 is 5.69 Å². The van der Waals surface area contributed by atoms with E-state index in [1.54, 1.807) is 12.1 Å². The highest BCUT2D eigenvalue weighted by Gasteiger charge is 2.16. The van der Waals surface area contributed by atoms with Gasteiger partial charge in [0, 0.05) is 31.2 Å². The monoisotopic (exact) mass is 344 g/mol. The van der Waals surface area contributed by atoms with Crippen molar-refractivity contribution in [1.82, 2.24) is 5.32 Å². The van der Waals surface area contributed by atoms with Crippen LogP contribution in [0.4, 0.5) is 10.1 Å². The van der Waals surface area contributed by atoms with Gasteiger partial charge in [-0.3, -0.25) is 0 Å². The van der Waals surface area contributed by atoms with E-state index < -0.39 is 0 Å². The lowest BCUT2D eigenvalue weighted by atomic mass is 10.0. The van der Waals surface area contributed by atoms with E-state index >= 15 is 0 Å². The molecule has 1 aliphatic rings. The first-order valence-electron chi connectivity index (χ1n) is 8.81. The van der Waals surface area contributed by atoms with Gasteiger partial charge < -0.3 is 20.1 Å². The lowest BCUT2D eigenvalue weighted by Gasteiger charge is -2.29. The third-order valence-corrected chi connectivity index (χ3v) is 4.64. The average molecular weight is 344 g/mol. The molecule has 1 saturated heterocycles.